The molecule has 17 heavy (non-hydrogen) atoms. The van der Waals surface area contributed by atoms with Gasteiger partial charge in [0.1, 0.15) is 0 Å². The molecule has 0 heterocycles. The zero-order valence-corrected chi connectivity index (χ0v) is 10.9. The number of sulfonamides is 1. The highest BCUT2D eigenvalue weighted by Gasteiger charge is 2.16. The van der Waals surface area contributed by atoms with E-state index in [1.165, 1.54) is 38.4 Å². The van der Waals surface area contributed by atoms with Crippen LogP contribution in [0.2, 0.25) is 0 Å². The summed E-state index contributed by atoms with van der Waals surface area (Å²) in [6.07, 6.45) is 0. The molecule has 3 N–H and O–H groups in total. The Morgan fingerprint density at radius 3 is 1.94 bits per heavy atom. The lowest BCUT2D eigenvalue weighted by Gasteiger charge is -2.18. The summed E-state index contributed by atoms with van der Waals surface area (Å²) in [5.41, 5.74) is 0.326. The standard InChI is InChI=1S/C8H13N3O4S2/c1-10-17(14,15)11(2)7-3-5-8(6-4-7)16(9,12)13/h3-6,10H,1-2H3,(H2,9,12,13). The van der Waals surface area contributed by atoms with E-state index in [1.54, 1.807) is 0 Å². The van der Waals surface area contributed by atoms with Crippen LogP contribution in [0.25, 0.3) is 0 Å². The third kappa shape index (κ3) is 3.16. The van der Waals surface area contributed by atoms with Crippen LogP contribution in [0, 0.1) is 0 Å². The summed E-state index contributed by atoms with van der Waals surface area (Å²) in [5, 5.41) is 4.92. The maximum absolute atomic E-state index is 11.5. The predicted molar refractivity (Wildman–Crippen MR) is 64.2 cm³/mol. The first-order chi connectivity index (χ1) is 7.68. The monoisotopic (exact) mass is 279 g/mol. The molecule has 0 aromatic heterocycles. The summed E-state index contributed by atoms with van der Waals surface area (Å²) >= 11 is 0. The normalized spacial score (nSPS) is 12.4. The number of hydrogen-bond acceptors (Lipinski definition) is 4. The number of nitrogens with zero attached hydrogens (tertiary/aromatic N) is 1. The van der Waals surface area contributed by atoms with Gasteiger partial charge in [0.25, 0.3) is 0 Å². The number of benzene rings is 1. The molecule has 0 aliphatic heterocycles. The first-order valence-electron chi connectivity index (χ1n) is 4.49. The van der Waals surface area contributed by atoms with Crippen LogP contribution in [-0.4, -0.2) is 30.9 Å². The Bertz CT molecular complexity index is 592. The van der Waals surface area contributed by atoms with Crippen molar-refractivity contribution in [2.24, 2.45) is 5.14 Å². The number of hydrogen-bond donors (Lipinski definition) is 2. The summed E-state index contributed by atoms with van der Waals surface area (Å²) in [7, 11) is -4.74. The summed E-state index contributed by atoms with van der Waals surface area (Å²) in [6, 6.07) is 5.20. The van der Waals surface area contributed by atoms with Gasteiger partial charge in [-0.3, -0.25) is 4.31 Å². The van der Waals surface area contributed by atoms with E-state index in [-0.39, 0.29) is 4.90 Å². The van der Waals surface area contributed by atoms with E-state index in [9.17, 15) is 16.8 Å². The second kappa shape index (κ2) is 4.61. The van der Waals surface area contributed by atoms with Crippen LogP contribution in [0.15, 0.2) is 29.2 Å². The Morgan fingerprint density at radius 1 is 1.12 bits per heavy atom. The predicted octanol–water partition coefficient (Wildman–Crippen LogP) is -0.766. The first-order valence-corrected chi connectivity index (χ1v) is 7.47. The molecule has 1 aromatic rings. The third-order valence-electron chi connectivity index (χ3n) is 2.15. The molecule has 0 amide bonds. The summed E-state index contributed by atoms with van der Waals surface area (Å²) in [6.45, 7) is 0. The zero-order chi connectivity index (χ0) is 13.3. The zero-order valence-electron chi connectivity index (χ0n) is 9.28. The molecule has 0 unspecified atom stereocenters. The fourth-order valence-corrected chi connectivity index (χ4v) is 2.31. The Labute approximate surface area is 100 Å². The second-order valence-corrected chi connectivity index (χ2v) is 6.68. The average molecular weight is 279 g/mol. The van der Waals surface area contributed by atoms with Gasteiger partial charge in [-0.05, 0) is 24.3 Å². The molecule has 0 atom stereocenters. The van der Waals surface area contributed by atoms with Gasteiger partial charge < -0.3 is 0 Å². The van der Waals surface area contributed by atoms with E-state index in [0.29, 0.717) is 5.69 Å². The Hall–Kier alpha value is -1.16. The van der Waals surface area contributed by atoms with Crippen molar-refractivity contribution in [2.45, 2.75) is 4.90 Å². The number of primary sulfonamides is 1. The van der Waals surface area contributed by atoms with Gasteiger partial charge in [-0.2, -0.15) is 8.42 Å². The Balaban J connectivity index is 3.13. The minimum Gasteiger partial charge on any atom is -0.261 e. The molecule has 0 bridgehead atoms. The van der Waals surface area contributed by atoms with Crippen LogP contribution in [0.1, 0.15) is 0 Å². The molecule has 0 aliphatic carbocycles. The topological polar surface area (TPSA) is 110 Å². The molecular formula is C8H13N3O4S2. The van der Waals surface area contributed by atoms with E-state index in [2.05, 4.69) is 4.72 Å². The van der Waals surface area contributed by atoms with Crippen molar-refractivity contribution in [2.75, 3.05) is 18.4 Å². The molecule has 1 rings (SSSR count). The maximum atomic E-state index is 11.5. The lowest BCUT2D eigenvalue weighted by atomic mass is 10.3. The highest BCUT2D eigenvalue weighted by molar-refractivity contribution is 7.90. The van der Waals surface area contributed by atoms with Crippen molar-refractivity contribution < 1.29 is 16.8 Å². The van der Waals surface area contributed by atoms with Gasteiger partial charge in [0.2, 0.25) is 10.0 Å². The van der Waals surface area contributed by atoms with E-state index >= 15 is 0 Å². The molecule has 0 saturated carbocycles. The smallest absolute Gasteiger partial charge is 0.261 e. The van der Waals surface area contributed by atoms with Crippen molar-refractivity contribution in [1.82, 2.24) is 4.72 Å². The number of nitrogens with two attached hydrogens (primary N) is 1. The van der Waals surface area contributed by atoms with Crippen molar-refractivity contribution in [3.8, 4) is 0 Å². The minimum absolute atomic E-state index is 0.0727. The van der Waals surface area contributed by atoms with Gasteiger partial charge in [0.05, 0.1) is 10.6 Å². The van der Waals surface area contributed by atoms with E-state index in [4.69, 9.17) is 5.14 Å². The molecule has 96 valence electrons. The number of anilines is 1. The molecule has 0 radical (unpaired) electrons. The lowest BCUT2D eigenvalue weighted by Crippen LogP contribution is -2.35. The number of nitrogens with one attached hydrogen (secondary N) is 1. The Kier molecular flexibility index (Phi) is 3.77. The highest BCUT2D eigenvalue weighted by atomic mass is 32.2. The molecule has 0 fully saturated rings. The molecule has 0 aliphatic rings. The average Bonchev–Trinajstić information content (AvgIpc) is 2.27. The quantitative estimate of drug-likeness (QED) is 0.754. The van der Waals surface area contributed by atoms with E-state index < -0.39 is 20.2 Å². The van der Waals surface area contributed by atoms with Gasteiger partial charge in [0.15, 0.2) is 0 Å². The highest BCUT2D eigenvalue weighted by Crippen LogP contribution is 2.17. The number of rotatable bonds is 4. The van der Waals surface area contributed by atoms with E-state index in [0.717, 1.165) is 4.31 Å². The van der Waals surface area contributed by atoms with Gasteiger partial charge in [0, 0.05) is 14.1 Å². The molecule has 0 saturated heterocycles. The molecule has 0 spiro atoms. The summed E-state index contributed by atoms with van der Waals surface area (Å²) < 4.78 is 48.0. The van der Waals surface area contributed by atoms with Crippen LogP contribution >= 0.6 is 0 Å². The van der Waals surface area contributed by atoms with E-state index in [1.807, 2.05) is 0 Å². The molecule has 9 heteroatoms. The van der Waals surface area contributed by atoms with Crippen LogP contribution in [0.4, 0.5) is 5.69 Å². The lowest BCUT2D eigenvalue weighted by molar-refractivity contribution is 0.586. The van der Waals surface area contributed by atoms with Gasteiger partial charge >= 0.3 is 10.2 Å². The second-order valence-electron chi connectivity index (χ2n) is 3.22. The largest absolute Gasteiger partial charge is 0.301 e. The molecular weight excluding hydrogens is 266 g/mol. The van der Waals surface area contributed by atoms with Crippen molar-refractivity contribution >= 4 is 25.9 Å². The fraction of sp³-hybridized carbons (Fsp3) is 0.250. The van der Waals surface area contributed by atoms with Crippen LogP contribution in [-0.2, 0) is 20.2 Å². The maximum Gasteiger partial charge on any atom is 0.301 e. The van der Waals surface area contributed by atoms with Crippen LogP contribution in [0.3, 0.4) is 0 Å². The van der Waals surface area contributed by atoms with Gasteiger partial charge in [-0.15, -0.1) is 0 Å². The van der Waals surface area contributed by atoms with Crippen molar-refractivity contribution in [3.05, 3.63) is 24.3 Å². The Morgan fingerprint density at radius 2 is 1.59 bits per heavy atom. The first kappa shape index (κ1) is 13.9. The van der Waals surface area contributed by atoms with Crippen LogP contribution < -0.4 is 14.2 Å². The molecule has 1 aromatic carbocycles. The molecule has 7 nitrogen and oxygen atoms in total. The fourth-order valence-electron chi connectivity index (χ4n) is 1.12. The summed E-state index contributed by atoms with van der Waals surface area (Å²) in [5.74, 6) is 0. The van der Waals surface area contributed by atoms with Crippen molar-refractivity contribution in [3.63, 3.8) is 0 Å². The SMILES string of the molecule is CNS(=O)(=O)N(C)c1ccc(S(N)(=O)=O)cc1. The minimum atomic E-state index is -3.77. The third-order valence-corrected chi connectivity index (χ3v) is 4.52. The van der Waals surface area contributed by atoms with Crippen LogP contribution in [0.5, 0.6) is 0 Å². The van der Waals surface area contributed by atoms with Crippen molar-refractivity contribution in [1.29, 1.82) is 0 Å². The van der Waals surface area contributed by atoms with Gasteiger partial charge in [-0.25, -0.2) is 18.3 Å². The summed E-state index contributed by atoms with van der Waals surface area (Å²) in [4.78, 5) is -0.0727. The van der Waals surface area contributed by atoms with Gasteiger partial charge in [-0.1, -0.05) is 0 Å².